The van der Waals surface area contributed by atoms with E-state index >= 15 is 0 Å². The first kappa shape index (κ1) is 22.3. The van der Waals surface area contributed by atoms with Gasteiger partial charge in [0, 0.05) is 23.0 Å². The summed E-state index contributed by atoms with van der Waals surface area (Å²) >= 11 is 1.39. The number of nitrogens with one attached hydrogen (secondary N) is 1. The average Bonchev–Trinajstić information content (AvgIpc) is 3.12. The number of benzene rings is 2. The third-order valence-electron chi connectivity index (χ3n) is 4.66. The van der Waals surface area contributed by atoms with Gasteiger partial charge in [0.2, 0.25) is 5.91 Å². The van der Waals surface area contributed by atoms with E-state index in [9.17, 15) is 14.4 Å². The molecule has 0 aliphatic rings. The SMILES string of the molecule is CCOC(=O)c1cccc(NC(=O)Cn2nc3c(Sc4ccc(C)cc4)nccn3c2=O)c1. The maximum Gasteiger partial charge on any atom is 0.350 e. The van der Waals surface area contributed by atoms with Gasteiger partial charge in [-0.1, -0.05) is 35.5 Å². The van der Waals surface area contributed by atoms with Crippen LogP contribution in [0.1, 0.15) is 22.8 Å². The second-order valence-electron chi connectivity index (χ2n) is 7.13. The molecule has 0 atom stereocenters. The van der Waals surface area contributed by atoms with E-state index < -0.39 is 17.6 Å². The number of fused-ring (bicyclic) bond motifs is 1. The minimum Gasteiger partial charge on any atom is -0.462 e. The fourth-order valence-electron chi connectivity index (χ4n) is 3.09. The molecule has 0 unspecified atom stereocenters. The number of nitrogens with zero attached hydrogens (tertiary/aromatic N) is 4. The Bertz CT molecular complexity index is 1380. The Kier molecular flexibility index (Phi) is 6.55. The zero-order valence-corrected chi connectivity index (χ0v) is 18.8. The van der Waals surface area contributed by atoms with E-state index in [0.29, 0.717) is 21.9 Å². The van der Waals surface area contributed by atoms with Gasteiger partial charge >= 0.3 is 11.7 Å². The van der Waals surface area contributed by atoms with Crippen molar-refractivity contribution in [1.29, 1.82) is 0 Å². The van der Waals surface area contributed by atoms with Crippen molar-refractivity contribution in [2.24, 2.45) is 0 Å². The number of amides is 1. The molecule has 33 heavy (non-hydrogen) atoms. The molecule has 2 aromatic carbocycles. The number of carbonyl (C=O) groups is 2. The summed E-state index contributed by atoms with van der Waals surface area (Å²) in [6, 6.07) is 14.3. The first-order valence-electron chi connectivity index (χ1n) is 10.2. The number of carbonyl (C=O) groups excluding carboxylic acids is 2. The van der Waals surface area contributed by atoms with E-state index in [-0.39, 0.29) is 13.2 Å². The van der Waals surface area contributed by atoms with Crippen LogP contribution in [0.2, 0.25) is 0 Å². The monoisotopic (exact) mass is 463 g/mol. The van der Waals surface area contributed by atoms with Crippen molar-refractivity contribution < 1.29 is 14.3 Å². The number of rotatable bonds is 7. The lowest BCUT2D eigenvalue weighted by Crippen LogP contribution is -2.28. The zero-order chi connectivity index (χ0) is 23.4. The molecular formula is C23H21N5O4S. The molecule has 4 rings (SSSR count). The number of aryl methyl sites for hydroxylation is 1. The number of hydrogen-bond acceptors (Lipinski definition) is 7. The van der Waals surface area contributed by atoms with Gasteiger partial charge in [0.05, 0.1) is 12.2 Å². The summed E-state index contributed by atoms with van der Waals surface area (Å²) in [6.07, 6.45) is 3.04. The van der Waals surface area contributed by atoms with Crippen molar-refractivity contribution in [3.8, 4) is 0 Å². The lowest BCUT2D eigenvalue weighted by molar-refractivity contribution is -0.117. The van der Waals surface area contributed by atoms with Gasteiger partial charge in [0.1, 0.15) is 11.6 Å². The summed E-state index contributed by atoms with van der Waals surface area (Å²) in [5, 5.41) is 7.56. The van der Waals surface area contributed by atoms with Crippen LogP contribution in [-0.2, 0) is 16.1 Å². The lowest BCUT2D eigenvalue weighted by atomic mass is 10.2. The molecule has 0 aliphatic heterocycles. The molecule has 168 valence electrons. The molecule has 0 fully saturated rings. The van der Waals surface area contributed by atoms with Gasteiger partial charge in [-0.15, -0.1) is 5.10 Å². The number of hydrogen-bond donors (Lipinski definition) is 1. The van der Waals surface area contributed by atoms with Crippen molar-refractivity contribution in [3.05, 3.63) is 82.5 Å². The molecule has 4 aromatic rings. The van der Waals surface area contributed by atoms with Crippen molar-refractivity contribution in [1.82, 2.24) is 19.2 Å². The highest BCUT2D eigenvalue weighted by Gasteiger charge is 2.16. The van der Waals surface area contributed by atoms with E-state index in [1.54, 1.807) is 25.1 Å². The number of aromatic nitrogens is 4. The number of anilines is 1. The predicted molar refractivity (Wildman–Crippen MR) is 124 cm³/mol. The highest BCUT2D eigenvalue weighted by molar-refractivity contribution is 7.99. The van der Waals surface area contributed by atoms with Gasteiger partial charge in [-0.25, -0.2) is 23.7 Å². The number of ether oxygens (including phenoxy) is 1. The van der Waals surface area contributed by atoms with Crippen LogP contribution in [0.3, 0.4) is 0 Å². The number of esters is 1. The van der Waals surface area contributed by atoms with E-state index in [1.165, 1.54) is 34.6 Å². The van der Waals surface area contributed by atoms with Crippen LogP contribution in [0, 0.1) is 6.92 Å². The third kappa shape index (κ3) is 5.12. The predicted octanol–water partition coefficient (Wildman–Crippen LogP) is 3.17. The Balaban J connectivity index is 1.53. The van der Waals surface area contributed by atoms with Crippen molar-refractivity contribution in [3.63, 3.8) is 0 Å². The van der Waals surface area contributed by atoms with E-state index in [1.807, 2.05) is 31.2 Å². The summed E-state index contributed by atoms with van der Waals surface area (Å²) in [6.45, 7) is 3.69. The van der Waals surface area contributed by atoms with Gasteiger partial charge in [0.25, 0.3) is 0 Å². The van der Waals surface area contributed by atoms with E-state index in [2.05, 4.69) is 15.4 Å². The largest absolute Gasteiger partial charge is 0.462 e. The summed E-state index contributed by atoms with van der Waals surface area (Å²) in [5.74, 6) is -0.932. The minimum absolute atomic E-state index is 0.255. The molecule has 0 saturated carbocycles. The molecule has 0 saturated heterocycles. The lowest BCUT2D eigenvalue weighted by Gasteiger charge is -2.07. The van der Waals surface area contributed by atoms with Gasteiger partial charge in [-0.05, 0) is 44.2 Å². The first-order valence-corrected chi connectivity index (χ1v) is 11.0. The van der Waals surface area contributed by atoms with Crippen LogP contribution in [0.25, 0.3) is 5.65 Å². The molecule has 1 amide bonds. The van der Waals surface area contributed by atoms with Gasteiger partial charge < -0.3 is 10.1 Å². The summed E-state index contributed by atoms with van der Waals surface area (Å²) in [5.41, 5.74) is 1.80. The first-order chi connectivity index (χ1) is 15.9. The summed E-state index contributed by atoms with van der Waals surface area (Å²) in [4.78, 5) is 42.5. The van der Waals surface area contributed by atoms with Crippen LogP contribution >= 0.6 is 11.8 Å². The fourth-order valence-corrected chi connectivity index (χ4v) is 3.93. The molecule has 2 aromatic heterocycles. The minimum atomic E-state index is -0.476. The Hall–Kier alpha value is -3.92. The van der Waals surface area contributed by atoms with Crippen molar-refractivity contribution in [2.45, 2.75) is 30.3 Å². The van der Waals surface area contributed by atoms with Gasteiger partial charge in [0.15, 0.2) is 5.65 Å². The molecule has 0 bridgehead atoms. The van der Waals surface area contributed by atoms with Crippen LogP contribution in [-0.4, -0.2) is 37.6 Å². The maximum atomic E-state index is 12.8. The molecular weight excluding hydrogens is 442 g/mol. The molecule has 0 radical (unpaired) electrons. The third-order valence-corrected chi connectivity index (χ3v) is 5.64. The molecule has 0 aliphatic carbocycles. The van der Waals surface area contributed by atoms with E-state index in [0.717, 1.165) is 15.1 Å². The van der Waals surface area contributed by atoms with Crippen LogP contribution in [0.5, 0.6) is 0 Å². The Labute approximate surface area is 193 Å². The fraction of sp³-hybridized carbons (Fsp3) is 0.174. The van der Waals surface area contributed by atoms with Crippen LogP contribution in [0.15, 0.2) is 75.6 Å². The Morgan fingerprint density at radius 3 is 2.70 bits per heavy atom. The zero-order valence-electron chi connectivity index (χ0n) is 18.0. The standard InChI is InChI=1S/C23H21N5O4S/c1-3-32-22(30)16-5-4-6-17(13-16)25-19(29)14-28-23(31)27-12-11-24-21(20(27)26-28)33-18-9-7-15(2)8-10-18/h4-13H,3,14H2,1-2H3,(H,25,29). The molecule has 9 nitrogen and oxygen atoms in total. The van der Waals surface area contributed by atoms with Crippen LogP contribution < -0.4 is 11.0 Å². The Morgan fingerprint density at radius 2 is 1.94 bits per heavy atom. The van der Waals surface area contributed by atoms with E-state index in [4.69, 9.17) is 4.74 Å². The molecule has 10 heteroatoms. The summed E-state index contributed by atoms with van der Waals surface area (Å²) < 4.78 is 7.42. The smallest absolute Gasteiger partial charge is 0.350 e. The molecule has 2 heterocycles. The quantitative estimate of drug-likeness (QED) is 0.420. The average molecular weight is 464 g/mol. The second kappa shape index (κ2) is 9.70. The highest BCUT2D eigenvalue weighted by Crippen LogP contribution is 2.28. The molecule has 0 spiro atoms. The van der Waals surface area contributed by atoms with Crippen molar-refractivity contribution in [2.75, 3.05) is 11.9 Å². The topological polar surface area (TPSA) is 108 Å². The Morgan fingerprint density at radius 1 is 1.15 bits per heavy atom. The van der Waals surface area contributed by atoms with Gasteiger partial charge in [-0.3, -0.25) is 4.79 Å². The second-order valence-corrected chi connectivity index (χ2v) is 8.19. The van der Waals surface area contributed by atoms with Crippen LogP contribution in [0.4, 0.5) is 5.69 Å². The normalized spacial score (nSPS) is 10.8. The summed E-state index contributed by atoms with van der Waals surface area (Å²) in [7, 11) is 0. The van der Waals surface area contributed by atoms with Crippen molar-refractivity contribution >= 4 is 35.0 Å². The van der Waals surface area contributed by atoms with Gasteiger partial charge in [-0.2, -0.15) is 0 Å². The maximum absolute atomic E-state index is 12.8. The molecule has 1 N–H and O–H groups in total. The highest BCUT2D eigenvalue weighted by atomic mass is 32.2.